The Morgan fingerprint density at radius 3 is 1.81 bits per heavy atom. The van der Waals surface area contributed by atoms with Gasteiger partial charge in [0.15, 0.2) is 0 Å². The molecule has 0 aliphatic heterocycles. The van der Waals surface area contributed by atoms with E-state index >= 15 is 0 Å². The Labute approximate surface area is 242 Å². The van der Waals surface area contributed by atoms with Crippen LogP contribution in [-0.4, -0.2) is 3.21 Å². The summed E-state index contributed by atoms with van der Waals surface area (Å²) in [6, 6.07) is 45.6. The first kappa shape index (κ1) is 29.8. The first-order valence-electron chi connectivity index (χ1n) is 11.6. The van der Waals surface area contributed by atoms with E-state index in [-0.39, 0.29) is 24.8 Å². The van der Waals surface area contributed by atoms with Crippen molar-refractivity contribution in [3.05, 3.63) is 161 Å². The molecule has 0 amide bonds. The molecule has 1 aliphatic rings. The van der Waals surface area contributed by atoms with Crippen LogP contribution in [0.4, 0.5) is 0 Å². The molecular formula is C33H28Cl2Zr-2. The molecule has 1 aliphatic carbocycles. The van der Waals surface area contributed by atoms with Crippen LogP contribution in [-0.2, 0) is 30.7 Å². The molecule has 0 unspecified atom stereocenters. The smallest absolute Gasteiger partial charge is 0.0253 e. The number of benzene rings is 4. The molecule has 5 aromatic carbocycles. The SMILES string of the molecule is Cc1c[cH-]c(C)c1.[Cl-].[Cl-].[Zr+2]=[C](c1ccccc1)c1ccccc1.[c-]1cccc2c1Cc1ccccc1-2. The Hall–Kier alpha value is -2.44. The van der Waals surface area contributed by atoms with E-state index in [1.54, 1.807) is 0 Å². The summed E-state index contributed by atoms with van der Waals surface area (Å²) in [4.78, 5) is 0. The van der Waals surface area contributed by atoms with Crippen LogP contribution in [0.1, 0.15) is 33.4 Å². The van der Waals surface area contributed by atoms with Gasteiger partial charge >= 0.3 is 99.2 Å². The van der Waals surface area contributed by atoms with Crippen molar-refractivity contribution in [3.8, 4) is 11.1 Å². The van der Waals surface area contributed by atoms with Crippen molar-refractivity contribution in [3.63, 3.8) is 0 Å². The van der Waals surface area contributed by atoms with Gasteiger partial charge in [-0.2, -0.15) is 47.5 Å². The maximum absolute atomic E-state index is 3.30. The standard InChI is InChI=1S/C13H9.C13H10.C7H9.2ClH.Zr/c1-3-7-12-10(5-1)9-11-6-2-4-8-13(11)12;1-3-7-12(8-4-1)11-13-9-5-2-6-10-13;1-6-3-4-7(2)5-6;;;/h1-5,7-8H,9H2;1-10H;3-5H,1-2H3;2*1H;/q-1;;-1;;;+2/p-2. The van der Waals surface area contributed by atoms with Gasteiger partial charge in [0.1, 0.15) is 0 Å². The Morgan fingerprint density at radius 1 is 0.722 bits per heavy atom. The van der Waals surface area contributed by atoms with E-state index in [1.807, 2.05) is 6.07 Å². The van der Waals surface area contributed by atoms with Crippen LogP contribution in [0.5, 0.6) is 0 Å². The number of hydrogen-bond acceptors (Lipinski definition) is 0. The van der Waals surface area contributed by atoms with Crippen molar-refractivity contribution >= 4 is 3.21 Å². The van der Waals surface area contributed by atoms with Gasteiger partial charge in [0.25, 0.3) is 0 Å². The second-order valence-electron chi connectivity index (χ2n) is 8.47. The van der Waals surface area contributed by atoms with E-state index in [4.69, 9.17) is 0 Å². The van der Waals surface area contributed by atoms with Crippen LogP contribution in [0.15, 0.2) is 121 Å². The molecule has 5 aromatic rings. The summed E-state index contributed by atoms with van der Waals surface area (Å²) in [6.07, 6.45) is 1.05. The molecule has 0 N–H and O–H groups in total. The van der Waals surface area contributed by atoms with Gasteiger partial charge < -0.3 is 24.8 Å². The predicted molar refractivity (Wildman–Crippen MR) is 141 cm³/mol. The van der Waals surface area contributed by atoms with Crippen molar-refractivity contribution in [1.82, 2.24) is 0 Å². The molecule has 0 heterocycles. The molecule has 0 saturated heterocycles. The molecule has 0 spiro atoms. The average molecular weight is 587 g/mol. The minimum atomic E-state index is 0. The number of hydrogen-bond donors (Lipinski definition) is 0. The van der Waals surface area contributed by atoms with E-state index in [1.165, 1.54) is 71.9 Å². The van der Waals surface area contributed by atoms with Gasteiger partial charge in [0, 0.05) is 0 Å². The summed E-state index contributed by atoms with van der Waals surface area (Å²) < 4.78 is 1.42. The van der Waals surface area contributed by atoms with Crippen LogP contribution >= 0.6 is 0 Å². The molecular weight excluding hydrogens is 558 g/mol. The van der Waals surface area contributed by atoms with Crippen LogP contribution in [0.3, 0.4) is 0 Å². The van der Waals surface area contributed by atoms with Crippen LogP contribution in [0.2, 0.25) is 0 Å². The van der Waals surface area contributed by atoms with Crippen LogP contribution in [0, 0.1) is 19.9 Å². The van der Waals surface area contributed by atoms with Crippen LogP contribution in [0.25, 0.3) is 11.1 Å². The van der Waals surface area contributed by atoms with Gasteiger partial charge in [-0.1, -0.05) is 49.2 Å². The van der Waals surface area contributed by atoms with Crippen molar-refractivity contribution in [2.75, 3.05) is 0 Å². The fourth-order valence-corrected chi connectivity index (χ4v) is 4.91. The summed E-state index contributed by atoms with van der Waals surface area (Å²) in [5.41, 5.74) is 10.9. The zero-order valence-corrected chi connectivity index (χ0v) is 24.5. The normalized spacial score (nSPS) is 10.1. The van der Waals surface area contributed by atoms with Crippen molar-refractivity contribution in [1.29, 1.82) is 0 Å². The minimum Gasteiger partial charge on any atom is -0.179 e. The maximum atomic E-state index is 3.30. The molecule has 0 atom stereocenters. The quantitative estimate of drug-likeness (QED) is 0.272. The number of aryl methyl sites for hydroxylation is 2. The summed E-state index contributed by atoms with van der Waals surface area (Å²) >= 11 is 1.46. The minimum absolute atomic E-state index is 0. The van der Waals surface area contributed by atoms with Crippen molar-refractivity contribution < 1.29 is 49.0 Å². The summed E-state index contributed by atoms with van der Waals surface area (Å²) in [5.74, 6) is 0. The first-order chi connectivity index (χ1) is 16.6. The summed E-state index contributed by atoms with van der Waals surface area (Å²) in [5, 5.41) is 0. The average Bonchev–Trinajstić information content (AvgIpc) is 3.47. The third kappa shape index (κ3) is 8.04. The molecule has 0 fully saturated rings. The number of fused-ring (bicyclic) bond motifs is 3. The summed E-state index contributed by atoms with van der Waals surface area (Å²) in [6.45, 7) is 4.21. The van der Waals surface area contributed by atoms with Crippen LogP contribution < -0.4 is 24.8 Å². The molecule has 3 heteroatoms. The first-order valence-corrected chi connectivity index (χ1v) is 12.8. The maximum Gasteiger partial charge on any atom is -0.0253 e. The largest absolute Gasteiger partial charge is 0.179 e. The third-order valence-electron chi connectivity index (χ3n) is 5.81. The van der Waals surface area contributed by atoms with Gasteiger partial charge in [-0.15, -0.1) is 5.56 Å². The molecule has 36 heavy (non-hydrogen) atoms. The predicted octanol–water partition coefficient (Wildman–Crippen LogP) is 1.89. The molecule has 0 nitrogen and oxygen atoms in total. The number of halogens is 2. The fraction of sp³-hybridized carbons (Fsp3) is 0.0909. The molecule has 0 radical (unpaired) electrons. The van der Waals surface area contributed by atoms with E-state index in [9.17, 15) is 0 Å². The molecule has 0 bridgehead atoms. The van der Waals surface area contributed by atoms with Crippen molar-refractivity contribution in [2.45, 2.75) is 20.3 Å². The number of rotatable bonds is 2. The van der Waals surface area contributed by atoms with Gasteiger partial charge in [0.05, 0.1) is 0 Å². The van der Waals surface area contributed by atoms with E-state index < -0.39 is 0 Å². The molecule has 180 valence electrons. The Morgan fingerprint density at radius 2 is 1.28 bits per heavy atom. The van der Waals surface area contributed by atoms with Gasteiger partial charge in [-0.3, -0.25) is 0 Å². The van der Waals surface area contributed by atoms with E-state index in [2.05, 4.69) is 135 Å². The topological polar surface area (TPSA) is 0 Å². The molecule has 0 aromatic heterocycles. The van der Waals surface area contributed by atoms with Gasteiger partial charge in [-0.05, 0) is 6.42 Å². The monoisotopic (exact) mass is 584 g/mol. The Bertz CT molecular complexity index is 1250. The third-order valence-corrected chi connectivity index (χ3v) is 7.23. The van der Waals surface area contributed by atoms with Gasteiger partial charge in [0.2, 0.25) is 0 Å². The Kier molecular flexibility index (Phi) is 12.4. The fourth-order valence-electron chi connectivity index (χ4n) is 4.09. The van der Waals surface area contributed by atoms with Gasteiger partial charge in [-0.25, -0.2) is 11.6 Å². The van der Waals surface area contributed by atoms with E-state index in [0.717, 1.165) is 6.42 Å². The molecule has 0 saturated carbocycles. The summed E-state index contributed by atoms with van der Waals surface area (Å²) in [7, 11) is 0. The second-order valence-corrected chi connectivity index (χ2v) is 9.70. The van der Waals surface area contributed by atoms with Crippen molar-refractivity contribution in [2.24, 2.45) is 0 Å². The molecule has 6 rings (SSSR count). The van der Waals surface area contributed by atoms with E-state index in [0.29, 0.717) is 0 Å². The zero-order chi connectivity index (χ0) is 23.8. The second kappa shape index (κ2) is 15.0. The zero-order valence-electron chi connectivity index (χ0n) is 20.5. The Balaban J connectivity index is 0.000000194.